The average Bonchev–Trinajstić information content (AvgIpc) is 2.31. The normalized spacial score (nSPS) is 11.8. The van der Waals surface area contributed by atoms with Gasteiger partial charge in [-0.3, -0.25) is 4.79 Å². The Hall–Kier alpha value is -0.450. The zero-order valence-electron chi connectivity index (χ0n) is 12.6. The molecule has 0 rings (SSSR count). The van der Waals surface area contributed by atoms with Crippen LogP contribution in [0.4, 0.5) is 0 Å². The van der Waals surface area contributed by atoms with Gasteiger partial charge >= 0.3 is 0 Å². The predicted molar refractivity (Wildman–Crippen MR) is 73.9 cm³/mol. The molecule has 4 nitrogen and oxygen atoms in total. The van der Waals surface area contributed by atoms with Crippen molar-refractivity contribution in [2.24, 2.45) is 5.92 Å². The van der Waals surface area contributed by atoms with Crippen LogP contribution in [0.3, 0.4) is 0 Å². The second kappa shape index (κ2) is 10.5. The molecular weight excluding hydrogens is 230 g/mol. The summed E-state index contributed by atoms with van der Waals surface area (Å²) in [5, 5.41) is 0. The van der Waals surface area contributed by atoms with Gasteiger partial charge in [0.2, 0.25) is 0 Å². The van der Waals surface area contributed by atoms with Crippen LogP contribution in [0.1, 0.15) is 34.1 Å². The molecule has 0 spiro atoms. The van der Waals surface area contributed by atoms with Gasteiger partial charge in [-0.2, -0.15) is 0 Å². The molecule has 0 aliphatic heterocycles. The molecule has 0 aliphatic rings. The monoisotopic (exact) mass is 259 g/mol. The van der Waals surface area contributed by atoms with Crippen LogP contribution in [0.2, 0.25) is 0 Å². The molecule has 4 heteroatoms. The summed E-state index contributed by atoms with van der Waals surface area (Å²) >= 11 is 0. The number of carbonyl (C=O) groups excluding carboxylic acids is 1. The summed E-state index contributed by atoms with van der Waals surface area (Å²) in [4.78, 5) is 13.5. The fraction of sp³-hybridized carbons (Fsp3) is 0.929. The van der Waals surface area contributed by atoms with E-state index in [2.05, 4.69) is 25.8 Å². The molecule has 0 fully saturated rings. The summed E-state index contributed by atoms with van der Waals surface area (Å²) in [6, 6.07) is 0.579. The molecular formula is C14H29NO3. The Kier molecular flexibility index (Phi) is 10.2. The lowest BCUT2D eigenvalue weighted by molar-refractivity contribution is -0.127. The lowest BCUT2D eigenvalue weighted by Crippen LogP contribution is -2.28. The fourth-order valence-corrected chi connectivity index (χ4v) is 1.23. The van der Waals surface area contributed by atoms with Crippen LogP contribution in [0.5, 0.6) is 0 Å². The third-order valence-electron chi connectivity index (χ3n) is 2.94. The van der Waals surface area contributed by atoms with Crippen molar-refractivity contribution in [3.8, 4) is 0 Å². The maximum atomic E-state index is 11.2. The van der Waals surface area contributed by atoms with E-state index < -0.39 is 0 Å². The zero-order chi connectivity index (χ0) is 14.0. The van der Waals surface area contributed by atoms with E-state index in [1.807, 2.05) is 13.8 Å². The van der Waals surface area contributed by atoms with Gasteiger partial charge in [-0.15, -0.1) is 0 Å². The summed E-state index contributed by atoms with van der Waals surface area (Å²) in [6.07, 6.45) is 1.03. The first kappa shape index (κ1) is 17.6. The highest BCUT2D eigenvalue weighted by Crippen LogP contribution is 1.96. The van der Waals surface area contributed by atoms with Crippen LogP contribution < -0.4 is 0 Å². The molecule has 0 radical (unpaired) electrons. The summed E-state index contributed by atoms with van der Waals surface area (Å²) < 4.78 is 10.7. The highest BCUT2D eigenvalue weighted by molar-refractivity contribution is 5.81. The van der Waals surface area contributed by atoms with Crippen LogP contribution in [0.25, 0.3) is 0 Å². The SMILES string of the molecule is CC(C)C(=O)COCCOCCCN(C)C(C)C. The Labute approximate surface area is 112 Å². The van der Waals surface area contributed by atoms with Crippen molar-refractivity contribution < 1.29 is 14.3 Å². The topological polar surface area (TPSA) is 38.8 Å². The molecule has 0 saturated carbocycles. The molecule has 18 heavy (non-hydrogen) atoms. The Morgan fingerprint density at radius 1 is 1.06 bits per heavy atom. The number of hydrogen-bond acceptors (Lipinski definition) is 4. The summed E-state index contributed by atoms with van der Waals surface area (Å²) in [5.74, 6) is 0.200. The van der Waals surface area contributed by atoms with Crippen molar-refractivity contribution in [3.63, 3.8) is 0 Å². The molecule has 0 aliphatic carbocycles. The summed E-state index contributed by atoms with van der Waals surface area (Å²) in [6.45, 7) is 11.2. The highest BCUT2D eigenvalue weighted by atomic mass is 16.5. The quantitative estimate of drug-likeness (QED) is 0.532. The van der Waals surface area contributed by atoms with Gasteiger partial charge in [0.05, 0.1) is 13.2 Å². The van der Waals surface area contributed by atoms with E-state index >= 15 is 0 Å². The molecule has 0 aromatic heterocycles. The number of hydrogen-bond donors (Lipinski definition) is 0. The van der Waals surface area contributed by atoms with Gasteiger partial charge in [-0.05, 0) is 27.3 Å². The van der Waals surface area contributed by atoms with E-state index in [9.17, 15) is 4.79 Å². The number of carbonyl (C=O) groups is 1. The molecule has 0 heterocycles. The molecule has 108 valence electrons. The van der Waals surface area contributed by atoms with Gasteiger partial charge in [-0.1, -0.05) is 13.8 Å². The largest absolute Gasteiger partial charge is 0.379 e. The molecule has 0 N–H and O–H groups in total. The van der Waals surface area contributed by atoms with Crippen molar-refractivity contribution in [1.82, 2.24) is 4.90 Å². The van der Waals surface area contributed by atoms with Gasteiger partial charge in [0.25, 0.3) is 0 Å². The van der Waals surface area contributed by atoms with Crippen molar-refractivity contribution in [2.45, 2.75) is 40.2 Å². The standard InChI is InChI=1S/C14H29NO3/c1-12(2)14(16)11-18-10-9-17-8-6-7-15(5)13(3)4/h12-13H,6-11H2,1-5H3. The van der Waals surface area contributed by atoms with E-state index in [-0.39, 0.29) is 18.3 Å². The first-order valence-electron chi connectivity index (χ1n) is 6.83. The van der Waals surface area contributed by atoms with Crippen molar-refractivity contribution in [3.05, 3.63) is 0 Å². The van der Waals surface area contributed by atoms with E-state index in [0.29, 0.717) is 19.3 Å². The van der Waals surface area contributed by atoms with Crippen LogP contribution in [-0.2, 0) is 14.3 Å². The summed E-state index contributed by atoms with van der Waals surface area (Å²) in [7, 11) is 2.12. The number of ether oxygens (including phenoxy) is 2. The highest BCUT2D eigenvalue weighted by Gasteiger charge is 2.06. The zero-order valence-corrected chi connectivity index (χ0v) is 12.6. The number of Topliss-reactive ketones (excluding diaryl/α,β-unsaturated/α-hetero) is 1. The van der Waals surface area contributed by atoms with Gasteiger partial charge in [-0.25, -0.2) is 0 Å². The molecule has 0 unspecified atom stereocenters. The molecule has 0 aromatic rings. The second-order valence-electron chi connectivity index (χ2n) is 5.21. The molecule has 0 bridgehead atoms. The molecule has 0 aromatic carbocycles. The lowest BCUT2D eigenvalue weighted by atomic mass is 10.1. The minimum Gasteiger partial charge on any atom is -0.379 e. The summed E-state index contributed by atoms with van der Waals surface area (Å²) in [5.41, 5.74) is 0. The van der Waals surface area contributed by atoms with Crippen molar-refractivity contribution >= 4 is 5.78 Å². The third kappa shape index (κ3) is 9.57. The van der Waals surface area contributed by atoms with Gasteiger partial charge in [0, 0.05) is 25.1 Å². The fourth-order valence-electron chi connectivity index (χ4n) is 1.23. The minimum atomic E-state index is 0.0532. The molecule has 0 amide bonds. The third-order valence-corrected chi connectivity index (χ3v) is 2.94. The second-order valence-corrected chi connectivity index (χ2v) is 5.21. The first-order valence-corrected chi connectivity index (χ1v) is 6.83. The van der Waals surface area contributed by atoms with Crippen molar-refractivity contribution in [1.29, 1.82) is 0 Å². The lowest BCUT2D eigenvalue weighted by Gasteiger charge is -2.20. The van der Waals surface area contributed by atoms with Crippen LogP contribution in [0, 0.1) is 5.92 Å². The molecule has 0 saturated heterocycles. The van der Waals surface area contributed by atoms with E-state index in [1.165, 1.54) is 0 Å². The predicted octanol–water partition coefficient (Wildman–Crippen LogP) is 1.97. The number of rotatable bonds is 11. The Morgan fingerprint density at radius 2 is 1.67 bits per heavy atom. The van der Waals surface area contributed by atoms with Crippen LogP contribution in [-0.4, -0.2) is 56.7 Å². The van der Waals surface area contributed by atoms with E-state index in [4.69, 9.17) is 9.47 Å². The average molecular weight is 259 g/mol. The van der Waals surface area contributed by atoms with Gasteiger partial charge < -0.3 is 14.4 Å². The smallest absolute Gasteiger partial charge is 0.160 e. The van der Waals surface area contributed by atoms with Gasteiger partial charge in [0.15, 0.2) is 5.78 Å². The Morgan fingerprint density at radius 3 is 2.22 bits per heavy atom. The van der Waals surface area contributed by atoms with Crippen LogP contribution >= 0.6 is 0 Å². The Bertz CT molecular complexity index is 217. The number of nitrogens with zero attached hydrogens (tertiary/aromatic N) is 1. The van der Waals surface area contributed by atoms with Crippen LogP contribution in [0.15, 0.2) is 0 Å². The molecule has 0 atom stereocenters. The van der Waals surface area contributed by atoms with Gasteiger partial charge in [0.1, 0.15) is 6.61 Å². The first-order chi connectivity index (χ1) is 8.45. The minimum absolute atomic E-state index is 0.0532. The van der Waals surface area contributed by atoms with Crippen molar-refractivity contribution in [2.75, 3.05) is 40.0 Å². The maximum Gasteiger partial charge on any atom is 0.160 e. The van der Waals surface area contributed by atoms with E-state index in [1.54, 1.807) is 0 Å². The number of ketones is 1. The maximum absolute atomic E-state index is 11.2. The van der Waals surface area contributed by atoms with E-state index in [0.717, 1.165) is 19.6 Å². The Balaban J connectivity index is 3.24.